The summed E-state index contributed by atoms with van der Waals surface area (Å²) >= 11 is 5.84. The van der Waals surface area contributed by atoms with Gasteiger partial charge >= 0.3 is 6.18 Å². The Labute approximate surface area is 114 Å². The summed E-state index contributed by atoms with van der Waals surface area (Å²) in [5, 5.41) is 3.84. The van der Waals surface area contributed by atoms with E-state index in [0.717, 1.165) is 4.52 Å². The van der Waals surface area contributed by atoms with E-state index in [1.165, 1.54) is 0 Å². The molecule has 2 heterocycles. The zero-order valence-corrected chi connectivity index (χ0v) is 10.6. The van der Waals surface area contributed by atoms with Gasteiger partial charge in [0.15, 0.2) is 5.65 Å². The zero-order chi connectivity index (χ0) is 14.7. The average molecular weight is 305 g/mol. The molecule has 2 aromatic heterocycles. The third-order valence-electron chi connectivity index (χ3n) is 2.73. The number of aryl methyl sites for hydroxylation is 1. The van der Waals surface area contributed by atoms with Crippen molar-refractivity contribution in [1.82, 2.24) is 19.6 Å². The average Bonchev–Trinajstić information content (AvgIpc) is 2.69. The van der Waals surface area contributed by atoms with Crippen LogP contribution in [0.3, 0.4) is 0 Å². The minimum Gasteiger partial charge on any atom is -0.218 e. The third kappa shape index (κ3) is 1.87. The number of benzene rings is 1. The van der Waals surface area contributed by atoms with E-state index in [1.54, 1.807) is 6.92 Å². The second-order valence-electron chi connectivity index (χ2n) is 4.12. The summed E-state index contributed by atoms with van der Waals surface area (Å²) in [6, 6.07) is 1.35. The summed E-state index contributed by atoms with van der Waals surface area (Å²) < 4.78 is 52.8. The molecule has 0 amide bonds. The topological polar surface area (TPSA) is 43.1 Å². The smallest absolute Gasteiger partial charge is 0.218 e. The van der Waals surface area contributed by atoms with Crippen molar-refractivity contribution in [2.75, 3.05) is 0 Å². The molecular formula is C11H5ClF4N4. The van der Waals surface area contributed by atoms with Crippen LogP contribution >= 0.6 is 11.6 Å². The van der Waals surface area contributed by atoms with Crippen LogP contribution in [0.1, 0.15) is 11.4 Å². The van der Waals surface area contributed by atoms with Crippen LogP contribution < -0.4 is 0 Å². The fourth-order valence-electron chi connectivity index (χ4n) is 1.92. The second kappa shape index (κ2) is 4.02. The summed E-state index contributed by atoms with van der Waals surface area (Å²) in [6.07, 6.45) is -4.80. The molecule has 9 heteroatoms. The highest BCUT2D eigenvalue weighted by atomic mass is 35.5. The lowest BCUT2D eigenvalue weighted by molar-refractivity contribution is -0.139. The normalized spacial score (nSPS) is 12.5. The lowest BCUT2D eigenvalue weighted by Gasteiger charge is -2.09. The predicted octanol–water partition coefficient (Wildman–Crippen LogP) is 3.40. The molecule has 0 aliphatic carbocycles. The number of halogens is 5. The van der Waals surface area contributed by atoms with Crippen LogP contribution in [0.2, 0.25) is 5.28 Å². The van der Waals surface area contributed by atoms with E-state index in [1.807, 2.05) is 0 Å². The third-order valence-corrected chi connectivity index (χ3v) is 2.98. The van der Waals surface area contributed by atoms with Crippen LogP contribution in [0.15, 0.2) is 12.1 Å². The SMILES string of the molecule is Cc1nc2c3cc(C(F)(F)F)c(F)cc3nc(Cl)n2n1. The van der Waals surface area contributed by atoms with Crippen molar-refractivity contribution in [3.8, 4) is 0 Å². The molecule has 0 atom stereocenters. The minimum atomic E-state index is -4.80. The highest BCUT2D eigenvalue weighted by Crippen LogP contribution is 2.34. The Balaban J connectivity index is 2.48. The number of hydrogen-bond donors (Lipinski definition) is 0. The first kappa shape index (κ1) is 13.0. The van der Waals surface area contributed by atoms with E-state index in [2.05, 4.69) is 15.1 Å². The molecule has 0 fully saturated rings. The molecule has 3 rings (SSSR count). The number of nitrogens with zero attached hydrogens (tertiary/aromatic N) is 4. The monoisotopic (exact) mass is 304 g/mol. The molecule has 0 aliphatic rings. The van der Waals surface area contributed by atoms with Crippen molar-refractivity contribution in [2.45, 2.75) is 13.1 Å². The maximum absolute atomic E-state index is 13.5. The largest absolute Gasteiger partial charge is 0.419 e. The number of fused-ring (bicyclic) bond motifs is 3. The maximum atomic E-state index is 13.5. The van der Waals surface area contributed by atoms with Gasteiger partial charge in [0.05, 0.1) is 11.1 Å². The van der Waals surface area contributed by atoms with Crippen molar-refractivity contribution in [2.24, 2.45) is 0 Å². The maximum Gasteiger partial charge on any atom is 0.419 e. The van der Waals surface area contributed by atoms with Gasteiger partial charge in [-0.3, -0.25) is 0 Å². The predicted molar refractivity (Wildman–Crippen MR) is 63.0 cm³/mol. The Morgan fingerprint density at radius 1 is 1.20 bits per heavy atom. The lowest BCUT2D eigenvalue weighted by atomic mass is 10.1. The molecule has 3 aromatic rings. The zero-order valence-electron chi connectivity index (χ0n) is 9.83. The van der Waals surface area contributed by atoms with Crippen molar-refractivity contribution in [3.05, 3.63) is 34.6 Å². The number of aromatic nitrogens is 4. The van der Waals surface area contributed by atoms with Gasteiger partial charge in [-0.25, -0.2) is 14.4 Å². The molecule has 20 heavy (non-hydrogen) atoms. The minimum absolute atomic E-state index is 0.0135. The van der Waals surface area contributed by atoms with Crippen molar-refractivity contribution < 1.29 is 17.6 Å². The standard InChI is InChI=1S/C11H5ClF4N4/c1-4-17-9-5-2-6(11(14,15)16)7(13)3-8(5)18-10(12)20(9)19-4/h2-3H,1H3. The first-order valence-corrected chi connectivity index (χ1v) is 5.74. The number of rotatable bonds is 0. The van der Waals surface area contributed by atoms with Gasteiger partial charge < -0.3 is 0 Å². The van der Waals surface area contributed by atoms with Gasteiger partial charge in [0.25, 0.3) is 0 Å². The van der Waals surface area contributed by atoms with E-state index < -0.39 is 17.6 Å². The molecule has 0 aliphatic heterocycles. The Morgan fingerprint density at radius 3 is 2.55 bits per heavy atom. The Kier molecular flexibility index (Phi) is 2.62. The molecule has 1 aromatic carbocycles. The van der Waals surface area contributed by atoms with Crippen LogP contribution in [0, 0.1) is 12.7 Å². The van der Waals surface area contributed by atoms with E-state index in [4.69, 9.17) is 11.6 Å². The number of hydrogen-bond acceptors (Lipinski definition) is 3. The van der Waals surface area contributed by atoms with Crippen molar-refractivity contribution >= 4 is 28.2 Å². The van der Waals surface area contributed by atoms with E-state index in [9.17, 15) is 17.6 Å². The molecule has 0 unspecified atom stereocenters. The van der Waals surface area contributed by atoms with Gasteiger partial charge in [-0.05, 0) is 24.6 Å². The highest BCUT2D eigenvalue weighted by molar-refractivity contribution is 6.29. The molecule has 0 radical (unpaired) electrons. The van der Waals surface area contributed by atoms with Gasteiger partial charge in [-0.1, -0.05) is 0 Å². The fraction of sp³-hybridized carbons (Fsp3) is 0.182. The van der Waals surface area contributed by atoms with Gasteiger partial charge in [0.1, 0.15) is 11.6 Å². The van der Waals surface area contributed by atoms with Crippen molar-refractivity contribution in [3.63, 3.8) is 0 Å². The summed E-state index contributed by atoms with van der Waals surface area (Å²) in [7, 11) is 0. The molecule has 0 saturated heterocycles. The molecular weight excluding hydrogens is 300 g/mol. The fourth-order valence-corrected chi connectivity index (χ4v) is 2.13. The first-order valence-electron chi connectivity index (χ1n) is 5.36. The summed E-state index contributed by atoms with van der Waals surface area (Å²) in [4.78, 5) is 7.81. The summed E-state index contributed by atoms with van der Waals surface area (Å²) in [5.41, 5.74) is -1.29. The van der Waals surface area contributed by atoms with Crippen LogP contribution in [-0.2, 0) is 6.18 Å². The highest BCUT2D eigenvalue weighted by Gasteiger charge is 2.34. The van der Waals surface area contributed by atoms with Gasteiger partial charge in [0.2, 0.25) is 5.28 Å². The molecule has 0 bridgehead atoms. The van der Waals surface area contributed by atoms with E-state index in [-0.39, 0.29) is 21.8 Å². The molecule has 0 spiro atoms. The van der Waals surface area contributed by atoms with E-state index >= 15 is 0 Å². The molecule has 0 N–H and O–H groups in total. The lowest BCUT2D eigenvalue weighted by Crippen LogP contribution is -2.08. The molecule has 104 valence electrons. The van der Waals surface area contributed by atoms with Gasteiger partial charge in [0, 0.05) is 11.5 Å². The van der Waals surface area contributed by atoms with Crippen LogP contribution in [0.5, 0.6) is 0 Å². The van der Waals surface area contributed by atoms with Crippen LogP contribution in [-0.4, -0.2) is 19.6 Å². The van der Waals surface area contributed by atoms with Gasteiger partial charge in [-0.2, -0.15) is 17.7 Å². The first-order chi connectivity index (χ1) is 9.27. The second-order valence-corrected chi connectivity index (χ2v) is 4.46. The number of alkyl halides is 3. The Bertz CT molecular complexity index is 840. The molecule has 4 nitrogen and oxygen atoms in total. The van der Waals surface area contributed by atoms with Crippen molar-refractivity contribution in [1.29, 1.82) is 0 Å². The van der Waals surface area contributed by atoms with Crippen LogP contribution in [0.4, 0.5) is 17.6 Å². The summed E-state index contributed by atoms with van der Waals surface area (Å²) in [6.45, 7) is 1.56. The summed E-state index contributed by atoms with van der Waals surface area (Å²) in [5.74, 6) is -1.09. The van der Waals surface area contributed by atoms with Gasteiger partial charge in [-0.15, -0.1) is 5.10 Å². The Morgan fingerprint density at radius 2 is 1.90 bits per heavy atom. The van der Waals surface area contributed by atoms with E-state index in [0.29, 0.717) is 18.0 Å². The van der Waals surface area contributed by atoms with Crippen LogP contribution in [0.25, 0.3) is 16.6 Å². The quantitative estimate of drug-likeness (QED) is 0.472. The molecule has 0 saturated carbocycles. The Hall–Kier alpha value is -1.96.